The summed E-state index contributed by atoms with van der Waals surface area (Å²) in [5, 5.41) is 10.4. The van der Waals surface area contributed by atoms with Crippen LogP contribution in [-0.2, 0) is 6.42 Å². The summed E-state index contributed by atoms with van der Waals surface area (Å²) in [6.45, 7) is 6.24. The molecule has 0 fully saturated rings. The Balaban J connectivity index is 2.39. The van der Waals surface area contributed by atoms with Gasteiger partial charge in [0.1, 0.15) is 11.5 Å². The molecule has 0 heterocycles. The van der Waals surface area contributed by atoms with Crippen LogP contribution in [0.1, 0.15) is 43.4 Å². The molecule has 116 valence electrons. The Bertz CT molecular complexity index is 653. The molecule has 2 nitrogen and oxygen atoms in total. The highest BCUT2D eigenvalue weighted by molar-refractivity contribution is 5.50. The molecule has 0 aliphatic carbocycles. The summed E-state index contributed by atoms with van der Waals surface area (Å²) in [7, 11) is 1.65. The van der Waals surface area contributed by atoms with Gasteiger partial charge in [-0.2, -0.15) is 0 Å². The predicted molar refractivity (Wildman–Crippen MR) is 91.8 cm³/mol. The zero-order valence-corrected chi connectivity index (χ0v) is 13.8. The summed E-state index contributed by atoms with van der Waals surface area (Å²) in [5.41, 5.74) is 4.35. The Morgan fingerprint density at radius 3 is 2.41 bits per heavy atom. The van der Waals surface area contributed by atoms with Crippen molar-refractivity contribution in [3.05, 3.63) is 70.8 Å². The smallest absolute Gasteiger partial charge is 0.126 e. The van der Waals surface area contributed by atoms with E-state index < -0.39 is 0 Å². The monoisotopic (exact) mass is 296 g/mol. The van der Waals surface area contributed by atoms with Crippen molar-refractivity contribution < 1.29 is 9.84 Å². The highest BCUT2D eigenvalue weighted by Gasteiger charge is 2.15. The van der Waals surface area contributed by atoms with Crippen LogP contribution in [0.4, 0.5) is 0 Å². The first-order valence-corrected chi connectivity index (χ1v) is 7.61. The van der Waals surface area contributed by atoms with Crippen molar-refractivity contribution in [1.82, 2.24) is 0 Å². The molecule has 0 aliphatic rings. The van der Waals surface area contributed by atoms with E-state index >= 15 is 0 Å². The Morgan fingerprint density at radius 1 is 1.14 bits per heavy atom. The summed E-state index contributed by atoms with van der Waals surface area (Å²) in [6, 6.07) is 14.2. The minimum Gasteiger partial charge on any atom is -0.508 e. The maximum Gasteiger partial charge on any atom is 0.126 e. The van der Waals surface area contributed by atoms with E-state index in [-0.39, 0.29) is 5.92 Å². The molecule has 2 aromatic carbocycles. The summed E-state index contributed by atoms with van der Waals surface area (Å²) >= 11 is 0. The third-order valence-electron chi connectivity index (χ3n) is 3.94. The van der Waals surface area contributed by atoms with Gasteiger partial charge >= 0.3 is 0 Å². The van der Waals surface area contributed by atoms with Gasteiger partial charge in [-0.15, -0.1) is 0 Å². The lowest BCUT2D eigenvalue weighted by molar-refractivity contribution is 0.400. The SMILES string of the molecule is COc1cc(C(C)c2ccccc2)cc(O)c1CC=C(C)C. The Hall–Kier alpha value is -2.22. The maximum absolute atomic E-state index is 10.4. The molecular formula is C20H24O2. The first-order valence-electron chi connectivity index (χ1n) is 7.61. The third kappa shape index (κ3) is 3.70. The largest absolute Gasteiger partial charge is 0.508 e. The molecule has 0 amide bonds. The van der Waals surface area contributed by atoms with Crippen LogP contribution >= 0.6 is 0 Å². The van der Waals surface area contributed by atoms with Gasteiger partial charge in [0.15, 0.2) is 0 Å². The normalized spacial score (nSPS) is 11.8. The number of allylic oxidation sites excluding steroid dienone is 2. The lowest BCUT2D eigenvalue weighted by atomic mass is 9.91. The van der Waals surface area contributed by atoms with Crippen LogP contribution in [0.15, 0.2) is 54.1 Å². The van der Waals surface area contributed by atoms with Crippen molar-refractivity contribution in [2.75, 3.05) is 7.11 Å². The molecule has 2 aromatic rings. The molecule has 2 heteroatoms. The number of hydrogen-bond acceptors (Lipinski definition) is 2. The summed E-state index contributed by atoms with van der Waals surface area (Å²) < 4.78 is 5.50. The van der Waals surface area contributed by atoms with E-state index in [1.165, 1.54) is 11.1 Å². The van der Waals surface area contributed by atoms with Crippen molar-refractivity contribution >= 4 is 0 Å². The number of phenols is 1. The van der Waals surface area contributed by atoms with Crippen molar-refractivity contribution in [3.63, 3.8) is 0 Å². The van der Waals surface area contributed by atoms with E-state index in [1.807, 2.05) is 30.3 Å². The number of methoxy groups -OCH3 is 1. The number of phenolic OH excluding ortho intramolecular Hbond substituents is 1. The maximum atomic E-state index is 10.4. The molecule has 1 unspecified atom stereocenters. The van der Waals surface area contributed by atoms with Gasteiger partial charge < -0.3 is 9.84 Å². The average Bonchev–Trinajstić information content (AvgIpc) is 2.52. The molecule has 0 radical (unpaired) electrons. The first kappa shape index (κ1) is 16.2. The molecule has 22 heavy (non-hydrogen) atoms. The fourth-order valence-electron chi connectivity index (χ4n) is 2.53. The molecule has 2 rings (SSSR count). The van der Waals surface area contributed by atoms with E-state index in [0.29, 0.717) is 12.2 Å². The van der Waals surface area contributed by atoms with E-state index in [2.05, 4.69) is 39.0 Å². The van der Waals surface area contributed by atoms with E-state index in [4.69, 9.17) is 4.74 Å². The van der Waals surface area contributed by atoms with Gasteiger partial charge in [0.2, 0.25) is 0 Å². The lowest BCUT2D eigenvalue weighted by Crippen LogP contribution is -1.99. The first-order chi connectivity index (χ1) is 10.5. The Labute approximate surface area is 133 Å². The van der Waals surface area contributed by atoms with Crippen LogP contribution in [0.2, 0.25) is 0 Å². The average molecular weight is 296 g/mol. The predicted octanol–water partition coefficient (Wildman–Crippen LogP) is 5.06. The molecule has 1 N–H and O–H groups in total. The van der Waals surface area contributed by atoms with Gasteiger partial charge in [0, 0.05) is 11.5 Å². The fourth-order valence-corrected chi connectivity index (χ4v) is 2.53. The fraction of sp³-hybridized carbons (Fsp3) is 0.300. The molecule has 0 spiro atoms. The van der Waals surface area contributed by atoms with E-state index in [0.717, 1.165) is 16.9 Å². The van der Waals surface area contributed by atoms with Gasteiger partial charge in [-0.1, -0.05) is 48.9 Å². The van der Waals surface area contributed by atoms with E-state index in [9.17, 15) is 5.11 Å². The summed E-state index contributed by atoms with van der Waals surface area (Å²) in [6.07, 6.45) is 2.77. The third-order valence-corrected chi connectivity index (χ3v) is 3.94. The highest BCUT2D eigenvalue weighted by atomic mass is 16.5. The van der Waals surface area contributed by atoms with Crippen LogP contribution in [0, 0.1) is 0 Å². The zero-order chi connectivity index (χ0) is 16.1. The Morgan fingerprint density at radius 2 is 1.82 bits per heavy atom. The number of aromatic hydroxyl groups is 1. The molecule has 0 aliphatic heterocycles. The van der Waals surface area contributed by atoms with Gasteiger partial charge in [0.25, 0.3) is 0 Å². The standard InChI is InChI=1S/C20H24O2/c1-14(2)10-11-18-19(21)12-17(13-20(18)22-4)15(3)16-8-6-5-7-9-16/h5-10,12-13,15,21H,11H2,1-4H3. The van der Waals surface area contributed by atoms with Crippen molar-refractivity contribution in [3.8, 4) is 11.5 Å². The number of rotatable bonds is 5. The van der Waals surface area contributed by atoms with Crippen LogP contribution in [0.5, 0.6) is 11.5 Å². The van der Waals surface area contributed by atoms with Gasteiger partial charge in [-0.05, 0) is 43.5 Å². The second-order valence-corrected chi connectivity index (χ2v) is 5.84. The molecule has 1 atom stereocenters. The molecule has 0 saturated heterocycles. The number of hydrogen-bond donors (Lipinski definition) is 1. The van der Waals surface area contributed by atoms with Gasteiger partial charge in [-0.3, -0.25) is 0 Å². The minimum absolute atomic E-state index is 0.207. The van der Waals surface area contributed by atoms with E-state index in [1.54, 1.807) is 7.11 Å². The highest BCUT2D eigenvalue weighted by Crippen LogP contribution is 2.35. The second kappa shape index (κ2) is 7.17. The summed E-state index contributed by atoms with van der Waals surface area (Å²) in [5.74, 6) is 1.25. The molecule has 0 aromatic heterocycles. The van der Waals surface area contributed by atoms with Crippen LogP contribution < -0.4 is 4.74 Å². The Kier molecular flexibility index (Phi) is 5.26. The number of ether oxygens (including phenoxy) is 1. The number of benzene rings is 2. The van der Waals surface area contributed by atoms with Crippen molar-refractivity contribution in [2.45, 2.75) is 33.1 Å². The molecule has 0 saturated carbocycles. The van der Waals surface area contributed by atoms with Crippen molar-refractivity contribution in [2.24, 2.45) is 0 Å². The van der Waals surface area contributed by atoms with Gasteiger partial charge in [0.05, 0.1) is 7.11 Å². The van der Waals surface area contributed by atoms with Crippen molar-refractivity contribution in [1.29, 1.82) is 0 Å². The zero-order valence-electron chi connectivity index (χ0n) is 13.8. The quantitative estimate of drug-likeness (QED) is 0.781. The van der Waals surface area contributed by atoms with Crippen LogP contribution in [0.3, 0.4) is 0 Å². The molecule has 0 bridgehead atoms. The molecular weight excluding hydrogens is 272 g/mol. The van der Waals surface area contributed by atoms with Gasteiger partial charge in [-0.25, -0.2) is 0 Å². The summed E-state index contributed by atoms with van der Waals surface area (Å²) in [4.78, 5) is 0. The topological polar surface area (TPSA) is 29.5 Å². The van der Waals surface area contributed by atoms with Crippen LogP contribution in [0.25, 0.3) is 0 Å². The second-order valence-electron chi connectivity index (χ2n) is 5.84. The minimum atomic E-state index is 0.207. The lowest BCUT2D eigenvalue weighted by Gasteiger charge is -2.17. The van der Waals surface area contributed by atoms with Crippen LogP contribution in [-0.4, -0.2) is 12.2 Å².